The number of rotatable bonds is 12. The van der Waals surface area contributed by atoms with Gasteiger partial charge in [-0.3, -0.25) is 4.79 Å². The highest BCUT2D eigenvalue weighted by atomic mass is 16.5. The number of methoxy groups -OCH3 is 2. The maximum absolute atomic E-state index is 12.4. The molecule has 0 saturated heterocycles. The number of amides is 1. The Bertz CT molecular complexity index is 789. The van der Waals surface area contributed by atoms with Gasteiger partial charge in [0.25, 0.3) is 5.91 Å². The number of nitrogens with one attached hydrogen (secondary N) is 1. The van der Waals surface area contributed by atoms with Gasteiger partial charge in [0.2, 0.25) is 0 Å². The second-order valence-corrected chi connectivity index (χ2v) is 7.23. The van der Waals surface area contributed by atoms with E-state index in [0.29, 0.717) is 24.5 Å². The van der Waals surface area contributed by atoms with Crippen LogP contribution in [-0.2, 0) is 22.4 Å². The molecule has 6 heteroatoms. The first-order valence-electron chi connectivity index (χ1n) is 10.3. The minimum Gasteiger partial charge on any atom is -0.493 e. The standard InChI is InChI=1S/C24H33NO5/c1-6-18-7-10-20(11-8-18)29-16-23(28-5)24(26)25-14-13-19-9-12-21(30-17(2)3)22(15-19)27-4/h7-12,15,17,23H,6,13-14,16H2,1-5H3,(H,25,26)/t23-/m0/s1. The van der Waals surface area contributed by atoms with E-state index in [1.54, 1.807) is 7.11 Å². The van der Waals surface area contributed by atoms with Gasteiger partial charge in [0.1, 0.15) is 12.4 Å². The van der Waals surface area contributed by atoms with Crippen molar-refractivity contribution in [1.82, 2.24) is 5.32 Å². The van der Waals surface area contributed by atoms with E-state index in [1.807, 2.05) is 56.3 Å². The Morgan fingerprint density at radius 3 is 2.30 bits per heavy atom. The minimum atomic E-state index is -0.674. The summed E-state index contributed by atoms with van der Waals surface area (Å²) in [4.78, 5) is 12.4. The first-order chi connectivity index (χ1) is 14.5. The van der Waals surface area contributed by atoms with Crippen molar-refractivity contribution in [3.05, 3.63) is 53.6 Å². The van der Waals surface area contributed by atoms with E-state index in [1.165, 1.54) is 12.7 Å². The van der Waals surface area contributed by atoms with E-state index in [2.05, 4.69) is 12.2 Å². The number of carbonyl (C=O) groups is 1. The molecule has 2 aromatic rings. The van der Waals surface area contributed by atoms with Gasteiger partial charge in [0.05, 0.1) is 13.2 Å². The Morgan fingerprint density at radius 1 is 1.00 bits per heavy atom. The van der Waals surface area contributed by atoms with Crippen molar-refractivity contribution in [2.24, 2.45) is 0 Å². The molecule has 30 heavy (non-hydrogen) atoms. The molecule has 164 valence electrons. The molecular weight excluding hydrogens is 382 g/mol. The number of carbonyl (C=O) groups excluding carboxylic acids is 1. The van der Waals surface area contributed by atoms with Gasteiger partial charge in [0, 0.05) is 13.7 Å². The van der Waals surface area contributed by atoms with Crippen LogP contribution in [0, 0.1) is 0 Å². The monoisotopic (exact) mass is 415 g/mol. The Kier molecular flexibility index (Phi) is 9.48. The number of hydrogen-bond acceptors (Lipinski definition) is 5. The van der Waals surface area contributed by atoms with Crippen molar-refractivity contribution in [2.45, 2.75) is 45.8 Å². The lowest BCUT2D eigenvalue weighted by Crippen LogP contribution is -2.40. The lowest BCUT2D eigenvalue weighted by Gasteiger charge is -2.17. The highest BCUT2D eigenvalue weighted by molar-refractivity contribution is 5.80. The fourth-order valence-corrected chi connectivity index (χ4v) is 2.91. The quantitative estimate of drug-likeness (QED) is 0.571. The van der Waals surface area contributed by atoms with Crippen LogP contribution in [0.2, 0.25) is 0 Å². The molecule has 0 aromatic heterocycles. The third-order valence-electron chi connectivity index (χ3n) is 4.61. The maximum atomic E-state index is 12.4. The molecule has 0 aliphatic rings. The van der Waals surface area contributed by atoms with Crippen LogP contribution in [0.25, 0.3) is 0 Å². The molecule has 6 nitrogen and oxygen atoms in total. The molecule has 0 aliphatic carbocycles. The molecule has 0 unspecified atom stereocenters. The van der Waals surface area contributed by atoms with Crippen LogP contribution < -0.4 is 19.5 Å². The van der Waals surface area contributed by atoms with Crippen molar-refractivity contribution in [2.75, 3.05) is 27.4 Å². The summed E-state index contributed by atoms with van der Waals surface area (Å²) >= 11 is 0. The van der Waals surface area contributed by atoms with Gasteiger partial charge in [0.15, 0.2) is 17.6 Å². The number of benzene rings is 2. The summed E-state index contributed by atoms with van der Waals surface area (Å²) in [6, 6.07) is 13.6. The number of ether oxygens (including phenoxy) is 4. The van der Waals surface area contributed by atoms with Gasteiger partial charge in [-0.2, -0.15) is 0 Å². The summed E-state index contributed by atoms with van der Waals surface area (Å²) in [6.07, 6.45) is 1.04. The predicted molar refractivity (Wildman–Crippen MR) is 118 cm³/mol. The molecule has 0 fully saturated rings. The summed E-state index contributed by atoms with van der Waals surface area (Å²) in [6.45, 7) is 6.68. The minimum absolute atomic E-state index is 0.0711. The second-order valence-electron chi connectivity index (χ2n) is 7.23. The lowest BCUT2D eigenvalue weighted by molar-refractivity contribution is -0.132. The second kappa shape index (κ2) is 12.1. The van der Waals surface area contributed by atoms with E-state index in [9.17, 15) is 4.79 Å². The van der Waals surface area contributed by atoms with E-state index < -0.39 is 6.10 Å². The van der Waals surface area contributed by atoms with Crippen molar-refractivity contribution < 1.29 is 23.7 Å². The largest absolute Gasteiger partial charge is 0.493 e. The molecular formula is C24H33NO5. The average Bonchev–Trinajstić information content (AvgIpc) is 2.75. The average molecular weight is 416 g/mol. The number of aryl methyl sites for hydroxylation is 1. The molecule has 0 saturated carbocycles. The maximum Gasteiger partial charge on any atom is 0.252 e. The smallest absolute Gasteiger partial charge is 0.252 e. The van der Waals surface area contributed by atoms with Gasteiger partial charge in [-0.25, -0.2) is 0 Å². The molecule has 2 aromatic carbocycles. The Morgan fingerprint density at radius 2 is 1.70 bits per heavy atom. The Balaban J connectivity index is 1.82. The highest BCUT2D eigenvalue weighted by Crippen LogP contribution is 2.29. The van der Waals surface area contributed by atoms with Crippen LogP contribution in [0.5, 0.6) is 17.2 Å². The van der Waals surface area contributed by atoms with E-state index in [4.69, 9.17) is 18.9 Å². The van der Waals surface area contributed by atoms with Crippen LogP contribution in [0.3, 0.4) is 0 Å². The zero-order chi connectivity index (χ0) is 21.9. The summed E-state index contributed by atoms with van der Waals surface area (Å²) in [5.74, 6) is 1.92. The topological polar surface area (TPSA) is 66.0 Å². The molecule has 0 radical (unpaired) electrons. The number of hydrogen-bond donors (Lipinski definition) is 1. The van der Waals surface area contributed by atoms with E-state index in [-0.39, 0.29) is 18.6 Å². The first kappa shape index (κ1) is 23.5. The first-order valence-corrected chi connectivity index (χ1v) is 10.3. The van der Waals surface area contributed by atoms with Gasteiger partial charge in [-0.05, 0) is 62.1 Å². The van der Waals surface area contributed by atoms with Crippen molar-refractivity contribution in [3.63, 3.8) is 0 Å². The zero-order valence-electron chi connectivity index (χ0n) is 18.6. The van der Waals surface area contributed by atoms with Crippen molar-refractivity contribution in [1.29, 1.82) is 0 Å². The van der Waals surface area contributed by atoms with Crippen molar-refractivity contribution in [3.8, 4) is 17.2 Å². The Hall–Kier alpha value is -2.73. The molecule has 1 amide bonds. The van der Waals surface area contributed by atoms with Crippen LogP contribution in [0.1, 0.15) is 31.9 Å². The van der Waals surface area contributed by atoms with Gasteiger partial charge in [-0.1, -0.05) is 25.1 Å². The summed E-state index contributed by atoms with van der Waals surface area (Å²) < 4.78 is 22.1. The molecule has 1 N–H and O–H groups in total. The summed E-state index contributed by atoms with van der Waals surface area (Å²) in [7, 11) is 3.12. The SMILES string of the molecule is CCc1ccc(OC[C@H](OC)C(=O)NCCc2ccc(OC(C)C)c(OC)c2)cc1. The molecule has 0 bridgehead atoms. The van der Waals surface area contributed by atoms with Gasteiger partial charge < -0.3 is 24.3 Å². The third-order valence-corrected chi connectivity index (χ3v) is 4.61. The highest BCUT2D eigenvalue weighted by Gasteiger charge is 2.18. The predicted octanol–water partition coefficient (Wildman–Crippen LogP) is 3.80. The molecule has 1 atom stereocenters. The Labute approximate surface area is 179 Å². The fourth-order valence-electron chi connectivity index (χ4n) is 2.91. The molecule has 0 heterocycles. The molecule has 0 aliphatic heterocycles. The summed E-state index contributed by atoms with van der Waals surface area (Å²) in [5.41, 5.74) is 2.29. The van der Waals surface area contributed by atoms with E-state index in [0.717, 1.165) is 17.7 Å². The van der Waals surface area contributed by atoms with Crippen LogP contribution in [0.4, 0.5) is 0 Å². The van der Waals surface area contributed by atoms with Gasteiger partial charge in [-0.15, -0.1) is 0 Å². The van der Waals surface area contributed by atoms with Crippen molar-refractivity contribution >= 4 is 5.91 Å². The van der Waals surface area contributed by atoms with Crippen LogP contribution in [-0.4, -0.2) is 45.5 Å². The zero-order valence-corrected chi connectivity index (χ0v) is 18.6. The van der Waals surface area contributed by atoms with Gasteiger partial charge >= 0.3 is 0 Å². The van der Waals surface area contributed by atoms with Crippen LogP contribution >= 0.6 is 0 Å². The fraction of sp³-hybridized carbons (Fsp3) is 0.458. The third kappa shape index (κ3) is 7.26. The van der Waals surface area contributed by atoms with E-state index >= 15 is 0 Å². The molecule has 0 spiro atoms. The normalized spacial score (nSPS) is 11.8. The van der Waals surface area contributed by atoms with Crippen LogP contribution in [0.15, 0.2) is 42.5 Å². The molecule has 2 rings (SSSR count). The summed E-state index contributed by atoms with van der Waals surface area (Å²) in [5, 5.41) is 2.90. The lowest BCUT2D eigenvalue weighted by atomic mass is 10.1.